The highest BCUT2D eigenvalue weighted by Crippen LogP contribution is 2.39. The zero-order valence-corrected chi connectivity index (χ0v) is 27.7. The average Bonchev–Trinajstić information content (AvgIpc) is 3.04. The maximum atomic E-state index is 12.7. The van der Waals surface area contributed by atoms with E-state index in [0.717, 1.165) is 11.1 Å². The molecule has 0 aliphatic carbocycles. The fourth-order valence-electron chi connectivity index (χ4n) is 4.44. The summed E-state index contributed by atoms with van der Waals surface area (Å²) in [5, 5.41) is 0. The van der Waals surface area contributed by atoms with E-state index >= 15 is 0 Å². The number of methoxy groups -OCH3 is 7. The molecule has 0 bridgehead atoms. The van der Waals surface area contributed by atoms with Gasteiger partial charge in [0.15, 0.2) is 29.8 Å². The first-order valence-electron chi connectivity index (χ1n) is 14.1. The van der Waals surface area contributed by atoms with Crippen molar-refractivity contribution in [2.45, 2.75) is 20.0 Å². The summed E-state index contributed by atoms with van der Waals surface area (Å²) in [7, 11) is 10.5. The zero-order valence-electron chi connectivity index (χ0n) is 27.7. The van der Waals surface area contributed by atoms with Crippen molar-refractivity contribution in [3.8, 4) is 34.5 Å². The van der Waals surface area contributed by atoms with Crippen LogP contribution >= 0.6 is 0 Å². The first kappa shape index (κ1) is 37.7. The van der Waals surface area contributed by atoms with E-state index in [4.69, 9.17) is 47.4 Å². The van der Waals surface area contributed by atoms with Crippen LogP contribution in [0.3, 0.4) is 0 Å². The maximum Gasteiger partial charge on any atom is 0.323 e. The molecule has 0 radical (unpaired) electrons. The van der Waals surface area contributed by atoms with Gasteiger partial charge in [0, 0.05) is 40.2 Å². The van der Waals surface area contributed by atoms with Gasteiger partial charge in [-0.15, -0.1) is 0 Å². The Kier molecular flexibility index (Phi) is 16.2. The van der Waals surface area contributed by atoms with Crippen molar-refractivity contribution >= 4 is 17.9 Å². The van der Waals surface area contributed by atoms with Gasteiger partial charge in [-0.1, -0.05) is 0 Å². The van der Waals surface area contributed by atoms with Gasteiger partial charge in [-0.25, -0.2) is 0 Å². The predicted octanol–water partition coefficient (Wildman–Crippen LogP) is 2.25. The molecule has 0 aliphatic heterocycles. The molecule has 0 N–H and O–H groups in total. The minimum Gasteiger partial charge on any atom is -0.493 e. The topological polar surface area (TPSA) is 150 Å². The third-order valence-corrected chi connectivity index (χ3v) is 6.52. The number of ether oxygens (including phenoxy) is 10. The molecular formula is C31H44N2O13. The van der Waals surface area contributed by atoms with E-state index in [-0.39, 0.29) is 33.0 Å². The first-order valence-corrected chi connectivity index (χ1v) is 14.1. The molecule has 0 atom stereocenters. The minimum absolute atomic E-state index is 0.0884. The van der Waals surface area contributed by atoms with Crippen LogP contribution in [0.4, 0.5) is 0 Å². The molecule has 15 heteroatoms. The van der Waals surface area contributed by atoms with Crippen LogP contribution in [0.2, 0.25) is 0 Å². The average molecular weight is 653 g/mol. The van der Waals surface area contributed by atoms with Gasteiger partial charge in [0.05, 0.1) is 55.7 Å². The Morgan fingerprint density at radius 2 is 0.913 bits per heavy atom. The fourth-order valence-corrected chi connectivity index (χ4v) is 4.44. The molecule has 0 saturated heterocycles. The smallest absolute Gasteiger partial charge is 0.323 e. The maximum absolute atomic E-state index is 12.7. The second kappa shape index (κ2) is 19.8. The van der Waals surface area contributed by atoms with Crippen molar-refractivity contribution in [2.24, 2.45) is 0 Å². The van der Waals surface area contributed by atoms with Gasteiger partial charge < -0.3 is 47.4 Å². The van der Waals surface area contributed by atoms with Crippen molar-refractivity contribution < 1.29 is 61.8 Å². The lowest BCUT2D eigenvalue weighted by Gasteiger charge is -2.27. The van der Waals surface area contributed by atoms with Gasteiger partial charge in [0.25, 0.3) is 0 Å². The molecule has 0 aromatic heterocycles. The minimum atomic E-state index is -0.621. The largest absolute Gasteiger partial charge is 0.493 e. The number of carbonyl (C=O) groups excluding carboxylic acids is 3. The second-order valence-corrected chi connectivity index (χ2v) is 9.68. The van der Waals surface area contributed by atoms with Crippen LogP contribution in [0.15, 0.2) is 24.3 Å². The van der Waals surface area contributed by atoms with E-state index in [1.807, 2.05) is 4.90 Å². The third-order valence-electron chi connectivity index (χ3n) is 6.52. The molecule has 0 spiro atoms. The lowest BCUT2D eigenvalue weighted by atomic mass is 10.1. The number of esters is 3. The van der Waals surface area contributed by atoms with Gasteiger partial charge in [0.1, 0.15) is 0 Å². The summed E-state index contributed by atoms with van der Waals surface area (Å²) in [5.74, 6) is 0.950. The van der Waals surface area contributed by atoms with Crippen LogP contribution in [0.5, 0.6) is 34.5 Å². The van der Waals surface area contributed by atoms with Crippen LogP contribution in [-0.2, 0) is 46.4 Å². The number of rotatable bonds is 21. The number of hydrogen-bond acceptors (Lipinski definition) is 15. The molecule has 0 fully saturated rings. The predicted molar refractivity (Wildman–Crippen MR) is 163 cm³/mol. The van der Waals surface area contributed by atoms with Gasteiger partial charge >= 0.3 is 17.9 Å². The molecule has 0 saturated carbocycles. The van der Waals surface area contributed by atoms with Crippen molar-refractivity contribution in [3.63, 3.8) is 0 Å². The standard InChI is InChI=1S/C31H44N2O13/c1-21(34)44-20-46-29(36)18-33(16-23-13-26(40-5)31(43-8)27(14-23)41-6)10-9-32(17-28(35)45-19-37-2)15-22-11-24(38-3)30(42-7)25(12-22)39-4/h11-14H,9-10,15-20H2,1-8H3. The Morgan fingerprint density at radius 3 is 1.22 bits per heavy atom. The molecule has 2 aromatic rings. The van der Waals surface area contributed by atoms with Crippen molar-refractivity contribution in [2.75, 3.05) is 89.5 Å². The summed E-state index contributed by atoms with van der Waals surface area (Å²) < 4.78 is 52.7. The quantitative estimate of drug-likeness (QED) is 0.143. The van der Waals surface area contributed by atoms with Gasteiger partial charge in [-0.3, -0.25) is 24.2 Å². The lowest BCUT2D eigenvalue weighted by Crippen LogP contribution is -2.40. The molecule has 15 nitrogen and oxygen atoms in total. The highest BCUT2D eigenvalue weighted by Gasteiger charge is 2.21. The zero-order chi connectivity index (χ0) is 34.1. The van der Waals surface area contributed by atoms with Crippen LogP contribution in [0.25, 0.3) is 0 Å². The third kappa shape index (κ3) is 11.8. The molecule has 256 valence electrons. The molecule has 0 unspecified atom stereocenters. The number of hydrogen-bond donors (Lipinski definition) is 0. The number of nitrogens with zero attached hydrogens (tertiary/aromatic N) is 2. The summed E-state index contributed by atoms with van der Waals surface area (Å²) in [6, 6.07) is 7.12. The van der Waals surface area contributed by atoms with Crippen molar-refractivity contribution in [1.82, 2.24) is 9.80 Å². The van der Waals surface area contributed by atoms with Crippen molar-refractivity contribution in [3.05, 3.63) is 35.4 Å². The van der Waals surface area contributed by atoms with E-state index in [1.165, 1.54) is 56.7 Å². The molecule has 2 aromatic carbocycles. The molecule has 0 heterocycles. The first-order chi connectivity index (χ1) is 22.1. The molecule has 46 heavy (non-hydrogen) atoms. The van der Waals surface area contributed by atoms with Crippen LogP contribution in [0.1, 0.15) is 18.1 Å². The Morgan fingerprint density at radius 1 is 0.543 bits per heavy atom. The SMILES string of the molecule is COCOC(=O)CN(CCN(CC(=O)OCOC(C)=O)Cc1cc(OC)c(OC)c(OC)c1)Cc1cc(OC)c(OC)c(OC)c1. The molecule has 0 amide bonds. The fraction of sp³-hybridized carbons (Fsp3) is 0.516. The van der Waals surface area contributed by atoms with E-state index in [9.17, 15) is 14.4 Å². The van der Waals surface area contributed by atoms with E-state index in [2.05, 4.69) is 0 Å². The molecule has 2 rings (SSSR count). The van der Waals surface area contributed by atoms with Crippen LogP contribution in [0, 0.1) is 0 Å². The highest BCUT2D eigenvalue weighted by atomic mass is 16.7. The van der Waals surface area contributed by atoms with Gasteiger partial charge in [0.2, 0.25) is 18.3 Å². The van der Waals surface area contributed by atoms with E-state index < -0.39 is 24.7 Å². The highest BCUT2D eigenvalue weighted by molar-refractivity contribution is 5.72. The normalized spacial score (nSPS) is 10.7. The monoisotopic (exact) mass is 652 g/mol. The molecular weight excluding hydrogens is 608 g/mol. The van der Waals surface area contributed by atoms with Crippen LogP contribution in [-0.4, -0.2) is 117 Å². The Balaban J connectivity index is 2.38. The Bertz CT molecular complexity index is 1240. The molecule has 0 aliphatic rings. The van der Waals surface area contributed by atoms with E-state index in [0.29, 0.717) is 47.6 Å². The summed E-state index contributed by atoms with van der Waals surface area (Å²) in [4.78, 5) is 40.2. The summed E-state index contributed by atoms with van der Waals surface area (Å²) in [6.45, 7) is 1.40. The van der Waals surface area contributed by atoms with Gasteiger partial charge in [-0.05, 0) is 35.4 Å². The summed E-state index contributed by atoms with van der Waals surface area (Å²) >= 11 is 0. The van der Waals surface area contributed by atoms with Gasteiger partial charge in [-0.2, -0.15) is 0 Å². The van der Waals surface area contributed by atoms with E-state index in [1.54, 1.807) is 29.2 Å². The summed E-state index contributed by atoms with van der Waals surface area (Å²) in [5.41, 5.74) is 1.52. The number of carbonyl (C=O) groups is 3. The van der Waals surface area contributed by atoms with Crippen molar-refractivity contribution in [1.29, 1.82) is 0 Å². The lowest BCUT2D eigenvalue weighted by molar-refractivity contribution is -0.166. The number of benzene rings is 2. The Labute approximate surface area is 269 Å². The summed E-state index contributed by atoms with van der Waals surface area (Å²) in [6.07, 6.45) is 0. The Hall–Kier alpha value is -4.47. The second-order valence-electron chi connectivity index (χ2n) is 9.68. The van der Waals surface area contributed by atoms with Crippen LogP contribution < -0.4 is 28.4 Å².